The summed E-state index contributed by atoms with van der Waals surface area (Å²) in [6, 6.07) is 2.77. The molecular weight excluding hydrogens is 338 g/mol. The summed E-state index contributed by atoms with van der Waals surface area (Å²) in [6.45, 7) is 1.96. The summed E-state index contributed by atoms with van der Waals surface area (Å²) in [5, 5.41) is 35.3. The van der Waals surface area contributed by atoms with E-state index in [2.05, 4.69) is 5.10 Å². The molecule has 0 amide bonds. The molecule has 2 aliphatic carbocycles. The highest BCUT2D eigenvalue weighted by molar-refractivity contribution is 7.07. The molecule has 0 aliphatic heterocycles. The first kappa shape index (κ1) is 16.2. The van der Waals surface area contributed by atoms with Crippen molar-refractivity contribution in [3.8, 4) is 17.2 Å². The standard InChI is InChI=1S/C18H21N3O3S/c1-10-9-25-18(20-14-5-11-2-3-12(14)4-11)21(10)19-8-13-6-16(23)17(24)7-15(13)22/h6-9,11-12,14,22-24H,2-5H2,1H3/b19-8+,20-18?. The number of hydrogen-bond acceptors (Lipinski definition) is 6. The van der Waals surface area contributed by atoms with E-state index in [4.69, 9.17) is 4.99 Å². The van der Waals surface area contributed by atoms with Gasteiger partial charge in [0, 0.05) is 17.0 Å². The zero-order chi connectivity index (χ0) is 17.6. The van der Waals surface area contributed by atoms with Gasteiger partial charge in [0.15, 0.2) is 11.5 Å². The Labute approximate surface area is 149 Å². The number of phenolic OH excluding ortho intramolecular Hbond substituents is 3. The van der Waals surface area contributed by atoms with Crippen LogP contribution in [0.5, 0.6) is 17.2 Å². The fourth-order valence-corrected chi connectivity index (χ4v) is 4.79. The third-order valence-corrected chi connectivity index (χ3v) is 6.21. The van der Waals surface area contributed by atoms with E-state index in [9.17, 15) is 15.3 Å². The van der Waals surface area contributed by atoms with Crippen LogP contribution in [-0.4, -0.2) is 32.3 Å². The summed E-state index contributed by atoms with van der Waals surface area (Å²) >= 11 is 1.57. The molecular formula is C18H21N3O3S. The highest BCUT2D eigenvalue weighted by Crippen LogP contribution is 2.45. The number of phenols is 3. The minimum Gasteiger partial charge on any atom is -0.507 e. The van der Waals surface area contributed by atoms with Crippen LogP contribution in [-0.2, 0) is 0 Å². The molecule has 1 aromatic heterocycles. The third-order valence-electron chi connectivity index (χ3n) is 5.26. The number of aromatic hydroxyl groups is 3. The minimum absolute atomic E-state index is 0.140. The lowest BCUT2D eigenvalue weighted by atomic mass is 9.96. The van der Waals surface area contributed by atoms with Gasteiger partial charge in [0.25, 0.3) is 0 Å². The molecule has 6 nitrogen and oxygen atoms in total. The minimum atomic E-state index is -0.360. The van der Waals surface area contributed by atoms with Crippen molar-refractivity contribution < 1.29 is 15.3 Å². The highest BCUT2D eigenvalue weighted by Gasteiger charge is 2.39. The van der Waals surface area contributed by atoms with Crippen molar-refractivity contribution in [2.75, 3.05) is 0 Å². The Morgan fingerprint density at radius 2 is 1.92 bits per heavy atom. The Balaban J connectivity index is 1.65. The van der Waals surface area contributed by atoms with E-state index in [-0.39, 0.29) is 17.2 Å². The van der Waals surface area contributed by atoms with E-state index >= 15 is 0 Å². The molecule has 1 aromatic carbocycles. The van der Waals surface area contributed by atoms with Gasteiger partial charge in [0.05, 0.1) is 18.0 Å². The van der Waals surface area contributed by atoms with Gasteiger partial charge in [-0.3, -0.25) is 4.99 Å². The van der Waals surface area contributed by atoms with Gasteiger partial charge >= 0.3 is 0 Å². The van der Waals surface area contributed by atoms with E-state index in [0.717, 1.165) is 22.5 Å². The van der Waals surface area contributed by atoms with Crippen molar-refractivity contribution in [3.63, 3.8) is 0 Å². The van der Waals surface area contributed by atoms with Gasteiger partial charge in [-0.1, -0.05) is 6.42 Å². The maximum atomic E-state index is 9.89. The van der Waals surface area contributed by atoms with Gasteiger partial charge in [-0.15, -0.1) is 11.3 Å². The summed E-state index contributed by atoms with van der Waals surface area (Å²) in [7, 11) is 0. The van der Waals surface area contributed by atoms with Crippen LogP contribution in [0.4, 0.5) is 0 Å². The van der Waals surface area contributed by atoms with Crippen molar-refractivity contribution in [1.82, 2.24) is 4.68 Å². The number of fused-ring (bicyclic) bond motifs is 2. The first-order valence-corrected chi connectivity index (χ1v) is 9.39. The fourth-order valence-electron chi connectivity index (χ4n) is 3.93. The first-order valence-electron chi connectivity index (χ1n) is 8.51. The average molecular weight is 359 g/mol. The molecule has 2 fully saturated rings. The highest BCUT2D eigenvalue weighted by atomic mass is 32.1. The van der Waals surface area contributed by atoms with Crippen LogP contribution in [0.25, 0.3) is 0 Å². The molecule has 0 radical (unpaired) electrons. The van der Waals surface area contributed by atoms with Crippen molar-refractivity contribution in [3.05, 3.63) is 33.6 Å². The first-order chi connectivity index (χ1) is 12.0. The van der Waals surface area contributed by atoms with E-state index in [0.29, 0.717) is 17.5 Å². The molecule has 0 spiro atoms. The molecule has 2 aliphatic rings. The summed E-state index contributed by atoms with van der Waals surface area (Å²) < 4.78 is 1.76. The average Bonchev–Trinajstić information content (AvgIpc) is 3.27. The molecule has 25 heavy (non-hydrogen) atoms. The summed E-state index contributed by atoms with van der Waals surface area (Å²) in [5.41, 5.74) is 1.30. The predicted molar refractivity (Wildman–Crippen MR) is 96.3 cm³/mol. The molecule has 2 saturated carbocycles. The SMILES string of the molecule is Cc1csc(=NC2CC3CCC2C3)n1/N=C/c1cc(O)c(O)cc1O. The zero-order valence-corrected chi connectivity index (χ0v) is 14.8. The van der Waals surface area contributed by atoms with E-state index < -0.39 is 0 Å². The molecule has 2 aromatic rings. The maximum absolute atomic E-state index is 9.89. The van der Waals surface area contributed by atoms with E-state index in [1.165, 1.54) is 38.0 Å². The Bertz CT molecular complexity index is 899. The smallest absolute Gasteiger partial charge is 0.206 e. The van der Waals surface area contributed by atoms with Crippen LogP contribution in [0.2, 0.25) is 0 Å². The second kappa shape index (κ2) is 6.22. The predicted octanol–water partition coefficient (Wildman–Crippen LogP) is 2.95. The fraction of sp³-hybridized carbons (Fsp3) is 0.444. The molecule has 3 atom stereocenters. The second-order valence-corrected chi connectivity index (χ2v) is 7.82. The van der Waals surface area contributed by atoms with Crippen LogP contribution in [0, 0.1) is 18.8 Å². The van der Waals surface area contributed by atoms with Gasteiger partial charge in [0.1, 0.15) is 5.75 Å². The molecule has 3 unspecified atom stereocenters. The summed E-state index contributed by atoms with van der Waals surface area (Å²) in [5.74, 6) is 0.759. The van der Waals surface area contributed by atoms with Crippen molar-refractivity contribution in [2.24, 2.45) is 21.9 Å². The van der Waals surface area contributed by atoms with E-state index in [1.807, 2.05) is 12.3 Å². The third kappa shape index (κ3) is 3.04. The van der Waals surface area contributed by atoms with Crippen LogP contribution in [0.3, 0.4) is 0 Å². The molecule has 2 bridgehead atoms. The van der Waals surface area contributed by atoms with Crippen LogP contribution >= 0.6 is 11.3 Å². The number of aromatic nitrogens is 1. The van der Waals surface area contributed by atoms with Gasteiger partial charge in [0.2, 0.25) is 4.80 Å². The molecule has 132 valence electrons. The van der Waals surface area contributed by atoms with Gasteiger partial charge in [-0.2, -0.15) is 5.10 Å². The molecule has 0 saturated heterocycles. The molecule has 1 heterocycles. The lowest BCUT2D eigenvalue weighted by molar-refractivity contribution is 0.396. The number of benzene rings is 1. The largest absolute Gasteiger partial charge is 0.507 e. The van der Waals surface area contributed by atoms with Gasteiger partial charge in [-0.25, -0.2) is 4.68 Å². The molecule has 3 N–H and O–H groups in total. The van der Waals surface area contributed by atoms with Crippen molar-refractivity contribution in [1.29, 1.82) is 0 Å². The maximum Gasteiger partial charge on any atom is 0.206 e. The number of nitrogens with zero attached hydrogens (tertiary/aromatic N) is 3. The Morgan fingerprint density at radius 3 is 2.64 bits per heavy atom. The lowest BCUT2D eigenvalue weighted by Crippen LogP contribution is -2.21. The van der Waals surface area contributed by atoms with Gasteiger partial charge < -0.3 is 15.3 Å². The van der Waals surface area contributed by atoms with Gasteiger partial charge in [-0.05, 0) is 44.1 Å². The monoisotopic (exact) mass is 359 g/mol. The summed E-state index contributed by atoms with van der Waals surface area (Å²) in [4.78, 5) is 5.80. The molecule has 4 rings (SSSR count). The van der Waals surface area contributed by atoms with Crippen LogP contribution < -0.4 is 4.80 Å². The number of rotatable bonds is 3. The normalized spacial score (nSPS) is 26.1. The number of aryl methyl sites for hydroxylation is 1. The quantitative estimate of drug-likeness (QED) is 0.447. The summed E-state index contributed by atoms with van der Waals surface area (Å²) in [6.07, 6.45) is 6.59. The number of thiazole rings is 1. The Kier molecular flexibility index (Phi) is 4.03. The van der Waals surface area contributed by atoms with Crippen molar-refractivity contribution in [2.45, 2.75) is 38.6 Å². The van der Waals surface area contributed by atoms with Crippen LogP contribution in [0.15, 0.2) is 27.6 Å². The second-order valence-electron chi connectivity index (χ2n) is 6.99. The topological polar surface area (TPSA) is 90.3 Å². The lowest BCUT2D eigenvalue weighted by Gasteiger charge is -2.16. The Morgan fingerprint density at radius 1 is 1.12 bits per heavy atom. The molecule has 7 heteroatoms. The van der Waals surface area contributed by atoms with E-state index in [1.54, 1.807) is 16.0 Å². The van der Waals surface area contributed by atoms with Crippen LogP contribution in [0.1, 0.15) is 36.9 Å². The number of hydrogen-bond donors (Lipinski definition) is 3. The Hall–Kier alpha value is -2.28. The zero-order valence-electron chi connectivity index (χ0n) is 14.0. The van der Waals surface area contributed by atoms with Crippen molar-refractivity contribution >= 4 is 17.6 Å².